The van der Waals surface area contributed by atoms with Crippen molar-refractivity contribution in [1.29, 1.82) is 0 Å². The van der Waals surface area contributed by atoms with Crippen molar-refractivity contribution >= 4 is 19.5 Å². The van der Waals surface area contributed by atoms with Gasteiger partial charge >= 0.3 is 19.2 Å². The zero-order chi connectivity index (χ0) is 27.8. The molecule has 2 aromatic rings. The fraction of sp³-hybridized carbons (Fsp3) is 0.556. The molecule has 38 heavy (non-hydrogen) atoms. The smallest absolute Gasteiger partial charge is 0.394 e. The van der Waals surface area contributed by atoms with E-state index in [2.05, 4.69) is 14.6 Å². The Labute approximate surface area is 212 Å². The lowest BCUT2D eigenvalue weighted by molar-refractivity contribution is -0.0636. The Morgan fingerprint density at radius 2 is 1.45 bits per heavy atom. The number of nitrogens with two attached hydrogens (primary N) is 3. The van der Waals surface area contributed by atoms with E-state index in [1.165, 1.54) is 24.5 Å². The molecule has 4 rings (SSSR count). The number of aliphatic hydroxyl groups excluding tert-OH is 4. The molecule has 0 aliphatic carbocycles. The topological polar surface area (TPSA) is 292 Å². The van der Waals surface area contributed by atoms with E-state index in [4.69, 9.17) is 35.9 Å². The van der Waals surface area contributed by atoms with Crippen LogP contribution in [0, 0.1) is 0 Å². The van der Waals surface area contributed by atoms with Gasteiger partial charge < -0.3 is 41.4 Å². The highest BCUT2D eigenvalue weighted by Gasteiger charge is 2.51. The highest BCUT2D eigenvalue weighted by Crippen LogP contribution is 2.52. The minimum absolute atomic E-state index is 0.0728. The Balaban J connectivity index is 1.46. The standard InChI is InChI=1S/C18H26N7O12P/c19-9-1-3-24(17(30)22-9)15-12(28)11(27)8(35-15)6-33-38(32,37-21)36-14-7(5-26)34-16(13(14)29)25-4-2-10(20)23-18(25)31/h1-4,7-8,11-16,26-29H,5-6,21H2,(H2,19,22,30)(H2,20,23,31)/t7-,8+,11+,12-,13-,14+,15+,16-,38-/m1/s1. The predicted molar refractivity (Wildman–Crippen MR) is 122 cm³/mol. The van der Waals surface area contributed by atoms with Gasteiger partial charge in [0.15, 0.2) is 12.5 Å². The average molecular weight is 563 g/mol. The molecular formula is C18H26N7O12P. The largest absolute Gasteiger partial charge is 0.491 e. The third-order valence-electron chi connectivity index (χ3n) is 5.85. The first-order valence-corrected chi connectivity index (χ1v) is 12.4. The second-order valence-corrected chi connectivity index (χ2v) is 9.86. The van der Waals surface area contributed by atoms with Crippen molar-refractivity contribution in [2.45, 2.75) is 49.1 Å². The molecule has 0 bridgehead atoms. The predicted octanol–water partition coefficient (Wildman–Crippen LogP) is -4.07. The summed E-state index contributed by atoms with van der Waals surface area (Å²) in [6, 6.07) is 2.53. The molecule has 0 unspecified atom stereocenters. The molecule has 19 nitrogen and oxygen atoms in total. The van der Waals surface area contributed by atoms with Gasteiger partial charge in [-0.2, -0.15) is 9.97 Å². The molecule has 9 atom stereocenters. The quantitative estimate of drug-likeness (QED) is 0.113. The van der Waals surface area contributed by atoms with E-state index in [-0.39, 0.29) is 11.6 Å². The monoisotopic (exact) mass is 563 g/mol. The van der Waals surface area contributed by atoms with Crippen LogP contribution in [0.15, 0.2) is 34.1 Å². The average Bonchev–Trinajstić information content (AvgIpc) is 3.33. The van der Waals surface area contributed by atoms with E-state index < -0.39 is 81.5 Å². The molecule has 20 heteroatoms. The van der Waals surface area contributed by atoms with E-state index >= 15 is 0 Å². The highest BCUT2D eigenvalue weighted by atomic mass is 31.2. The third kappa shape index (κ3) is 5.48. The van der Waals surface area contributed by atoms with Gasteiger partial charge in [0, 0.05) is 12.4 Å². The maximum Gasteiger partial charge on any atom is 0.491 e. The van der Waals surface area contributed by atoms with Gasteiger partial charge in [0.1, 0.15) is 48.3 Å². The molecule has 2 aromatic heterocycles. The van der Waals surface area contributed by atoms with Gasteiger partial charge in [-0.1, -0.05) is 0 Å². The van der Waals surface area contributed by atoms with Gasteiger partial charge in [0.2, 0.25) is 0 Å². The van der Waals surface area contributed by atoms with E-state index in [1.54, 1.807) is 0 Å². The molecule has 0 radical (unpaired) electrons. The van der Waals surface area contributed by atoms with E-state index in [9.17, 15) is 34.6 Å². The number of anilines is 2. The summed E-state index contributed by atoms with van der Waals surface area (Å²) < 4.78 is 40.5. The molecule has 10 N–H and O–H groups in total. The summed E-state index contributed by atoms with van der Waals surface area (Å²) in [5.74, 6) is 4.95. The molecule has 0 spiro atoms. The van der Waals surface area contributed by atoms with Gasteiger partial charge in [-0.05, 0) is 12.1 Å². The number of hydrogen-bond acceptors (Lipinski definition) is 17. The van der Waals surface area contributed by atoms with Crippen LogP contribution < -0.4 is 28.7 Å². The molecule has 2 aliphatic rings. The number of aromatic nitrogens is 4. The summed E-state index contributed by atoms with van der Waals surface area (Å²) in [5, 5.41) is 41.1. The first kappa shape index (κ1) is 28.2. The zero-order valence-electron chi connectivity index (χ0n) is 19.4. The Morgan fingerprint density at radius 1 is 0.921 bits per heavy atom. The Hall–Kier alpha value is -2.81. The molecule has 0 aromatic carbocycles. The van der Waals surface area contributed by atoms with Crippen molar-refractivity contribution in [2.24, 2.45) is 5.90 Å². The number of aliphatic hydroxyl groups is 4. The summed E-state index contributed by atoms with van der Waals surface area (Å²) in [7, 11) is -4.75. The van der Waals surface area contributed by atoms with Crippen LogP contribution >= 0.6 is 7.82 Å². The van der Waals surface area contributed by atoms with Gasteiger partial charge in [0.25, 0.3) is 0 Å². The second-order valence-electron chi connectivity index (χ2n) is 8.29. The molecule has 0 saturated carbocycles. The molecule has 210 valence electrons. The lowest BCUT2D eigenvalue weighted by Crippen LogP contribution is -2.38. The van der Waals surface area contributed by atoms with E-state index in [0.717, 1.165) is 9.13 Å². The summed E-state index contributed by atoms with van der Waals surface area (Å²) in [4.78, 5) is 31.3. The van der Waals surface area contributed by atoms with Crippen LogP contribution in [-0.4, -0.2) is 89.4 Å². The van der Waals surface area contributed by atoms with Gasteiger partial charge in [0.05, 0.1) is 13.2 Å². The number of phosphoric ester groups is 1. The summed E-state index contributed by atoms with van der Waals surface area (Å²) in [6.45, 7) is -1.48. The van der Waals surface area contributed by atoms with Crippen LogP contribution in [0.25, 0.3) is 0 Å². The Morgan fingerprint density at radius 3 is 1.95 bits per heavy atom. The first-order valence-electron chi connectivity index (χ1n) is 10.9. The van der Waals surface area contributed by atoms with Crippen LogP contribution in [0.2, 0.25) is 0 Å². The van der Waals surface area contributed by atoms with Crippen LogP contribution in [0.4, 0.5) is 11.6 Å². The highest BCUT2D eigenvalue weighted by molar-refractivity contribution is 7.48. The molecule has 2 aliphatic heterocycles. The number of ether oxygens (including phenoxy) is 2. The molecule has 2 saturated heterocycles. The Bertz CT molecular complexity index is 1310. The summed E-state index contributed by atoms with van der Waals surface area (Å²) in [6.07, 6.45) is -9.66. The van der Waals surface area contributed by atoms with Crippen molar-refractivity contribution in [2.75, 3.05) is 24.7 Å². The van der Waals surface area contributed by atoms with Crippen LogP contribution in [0.5, 0.6) is 0 Å². The summed E-state index contributed by atoms with van der Waals surface area (Å²) in [5.41, 5.74) is 9.16. The van der Waals surface area contributed by atoms with Crippen LogP contribution in [0.1, 0.15) is 12.5 Å². The number of phosphoric acid groups is 1. The minimum Gasteiger partial charge on any atom is -0.394 e. The fourth-order valence-corrected chi connectivity index (χ4v) is 5.02. The van der Waals surface area contributed by atoms with Gasteiger partial charge in [-0.25, -0.2) is 24.7 Å². The van der Waals surface area contributed by atoms with Gasteiger partial charge in [-0.3, -0.25) is 18.2 Å². The SMILES string of the molecule is NO[P@](=O)(OC[C@@H]1O[C@H](n2ccc(N)nc2=O)[C@H](O)[C@H]1O)O[C@@H]1[C@@H](O)[C@H](n2ccc(N)nc2=O)O[C@@H]1CO. The zero-order valence-corrected chi connectivity index (χ0v) is 20.3. The second kappa shape index (κ2) is 11.1. The number of rotatable bonds is 9. The molecule has 4 heterocycles. The van der Waals surface area contributed by atoms with Crippen molar-refractivity contribution < 1.29 is 48.1 Å². The lowest BCUT2D eigenvalue weighted by atomic mass is 10.1. The van der Waals surface area contributed by atoms with Crippen molar-refractivity contribution in [3.63, 3.8) is 0 Å². The maximum absolute atomic E-state index is 13.1. The Kier molecular flexibility index (Phi) is 8.26. The third-order valence-corrected chi connectivity index (χ3v) is 7.08. The normalized spacial score (nSPS) is 32.9. The number of hydrogen-bond donors (Lipinski definition) is 7. The number of nitrogen functional groups attached to an aromatic ring is 2. The van der Waals surface area contributed by atoms with Crippen LogP contribution in [-0.2, 0) is 27.7 Å². The van der Waals surface area contributed by atoms with E-state index in [1.807, 2.05) is 0 Å². The van der Waals surface area contributed by atoms with Crippen molar-refractivity contribution in [3.05, 3.63) is 45.5 Å². The maximum atomic E-state index is 13.1. The fourth-order valence-electron chi connectivity index (χ4n) is 3.96. The van der Waals surface area contributed by atoms with Gasteiger partial charge in [-0.15, -0.1) is 0 Å². The van der Waals surface area contributed by atoms with Crippen LogP contribution in [0.3, 0.4) is 0 Å². The minimum atomic E-state index is -4.75. The molecular weight excluding hydrogens is 537 g/mol. The van der Waals surface area contributed by atoms with Crippen molar-refractivity contribution in [3.8, 4) is 0 Å². The molecule has 0 amide bonds. The van der Waals surface area contributed by atoms with Crippen molar-refractivity contribution in [1.82, 2.24) is 19.1 Å². The first-order chi connectivity index (χ1) is 18.0. The molecule has 2 fully saturated rings. The van der Waals surface area contributed by atoms with E-state index in [0.29, 0.717) is 0 Å². The lowest BCUT2D eigenvalue weighted by Gasteiger charge is -2.25. The number of nitrogens with zero attached hydrogens (tertiary/aromatic N) is 4. The summed E-state index contributed by atoms with van der Waals surface area (Å²) >= 11 is 0.